The van der Waals surface area contributed by atoms with E-state index in [1.807, 2.05) is 0 Å². The summed E-state index contributed by atoms with van der Waals surface area (Å²) in [5.74, 6) is 0. The average molecular weight is 576 g/mol. The second-order valence-corrected chi connectivity index (χ2v) is 14.1. The first-order valence-electron chi connectivity index (χ1n) is 14.6. The second kappa shape index (κ2) is 13.1. The Kier molecular flexibility index (Phi) is 9.97. The van der Waals surface area contributed by atoms with Crippen LogP contribution in [0.15, 0.2) is 90.2 Å². The predicted octanol–water partition coefficient (Wildman–Crippen LogP) is 8.83. The number of nitrogens with zero attached hydrogens (tertiary/aromatic N) is 1. The Morgan fingerprint density at radius 1 is 0.854 bits per heavy atom. The summed E-state index contributed by atoms with van der Waals surface area (Å²) >= 11 is 0. The zero-order valence-electron chi connectivity index (χ0n) is 25.8. The van der Waals surface area contributed by atoms with Crippen LogP contribution < -0.4 is 4.90 Å². The van der Waals surface area contributed by atoms with Crippen molar-refractivity contribution in [3.63, 3.8) is 0 Å². The number of hydrogen-bond acceptors (Lipinski definition) is 5. The molecular weight excluding hydrogens is 529 g/mol. The molecule has 0 amide bonds. The van der Waals surface area contributed by atoms with Crippen molar-refractivity contribution in [3.8, 4) is 0 Å². The molecule has 2 aromatic carbocycles. The van der Waals surface area contributed by atoms with Gasteiger partial charge in [0, 0.05) is 56.3 Å². The van der Waals surface area contributed by atoms with Gasteiger partial charge in [0.1, 0.15) is 0 Å². The smallest absolute Gasteiger partial charge is 0.327 e. The highest BCUT2D eigenvalue weighted by Crippen LogP contribution is 2.49. The highest BCUT2D eigenvalue weighted by molar-refractivity contribution is 7.52. The molecule has 0 bridgehead atoms. The number of hydrogen-bond donors (Lipinski definition) is 0. The van der Waals surface area contributed by atoms with Gasteiger partial charge in [-0.25, -0.2) is 0 Å². The number of para-hydroxylation sites is 1. The molecule has 0 fully saturated rings. The van der Waals surface area contributed by atoms with Crippen LogP contribution in [-0.2, 0) is 29.2 Å². The lowest BCUT2D eigenvalue weighted by atomic mass is 9.81. The molecule has 5 nitrogen and oxygen atoms in total. The maximum atomic E-state index is 12.1. The van der Waals surface area contributed by atoms with Crippen LogP contribution in [0.3, 0.4) is 0 Å². The van der Waals surface area contributed by atoms with Crippen LogP contribution in [0.5, 0.6) is 0 Å². The summed E-state index contributed by atoms with van der Waals surface area (Å²) < 4.78 is 28.0. The lowest BCUT2D eigenvalue weighted by molar-refractivity contribution is 0.196. The zero-order valence-corrected chi connectivity index (χ0v) is 26.7. The Hall–Kier alpha value is -2.69. The molecule has 0 saturated carbocycles. The quantitative estimate of drug-likeness (QED) is 0.136. The maximum Gasteiger partial charge on any atom is 0.327 e. The SMILES string of the molecule is COCCCC1=C(/C=C/C=C/C=C2/N(CCCOP(C)(=O)OC)c3ccccc3C2(C)C)C(C)(C)c2ccccc21. The van der Waals surface area contributed by atoms with Gasteiger partial charge in [-0.1, -0.05) is 94.5 Å². The third-order valence-corrected chi connectivity index (χ3v) is 9.74. The first kappa shape index (κ1) is 31.3. The first-order valence-corrected chi connectivity index (χ1v) is 16.6. The normalized spacial score (nSPS) is 19.9. The maximum absolute atomic E-state index is 12.1. The molecule has 1 heterocycles. The molecule has 0 saturated heterocycles. The highest BCUT2D eigenvalue weighted by atomic mass is 31.2. The van der Waals surface area contributed by atoms with E-state index in [-0.39, 0.29) is 10.8 Å². The molecule has 0 radical (unpaired) electrons. The van der Waals surface area contributed by atoms with E-state index in [1.54, 1.807) is 7.11 Å². The molecule has 1 aliphatic carbocycles. The van der Waals surface area contributed by atoms with Gasteiger partial charge in [0.25, 0.3) is 0 Å². The van der Waals surface area contributed by atoms with Crippen molar-refractivity contribution in [2.75, 3.05) is 45.5 Å². The Morgan fingerprint density at radius 3 is 2.29 bits per heavy atom. The zero-order chi connectivity index (χ0) is 29.7. The average Bonchev–Trinajstić information content (AvgIpc) is 3.30. The van der Waals surface area contributed by atoms with E-state index < -0.39 is 7.60 Å². The van der Waals surface area contributed by atoms with Gasteiger partial charge >= 0.3 is 7.60 Å². The number of benzene rings is 2. The van der Waals surface area contributed by atoms with Gasteiger partial charge in [0.2, 0.25) is 0 Å². The fraction of sp³-hybridized carbons (Fsp3) is 0.429. The van der Waals surface area contributed by atoms with Crippen LogP contribution in [-0.4, -0.2) is 40.6 Å². The third-order valence-electron chi connectivity index (χ3n) is 8.42. The third kappa shape index (κ3) is 6.70. The molecule has 2 aliphatic rings. The lowest BCUT2D eigenvalue weighted by Crippen LogP contribution is -2.27. The molecule has 1 aliphatic heterocycles. The summed E-state index contributed by atoms with van der Waals surface area (Å²) in [4.78, 5) is 2.37. The number of rotatable bonds is 13. The largest absolute Gasteiger partial charge is 0.385 e. The van der Waals surface area contributed by atoms with E-state index in [9.17, 15) is 4.57 Å². The van der Waals surface area contributed by atoms with Gasteiger partial charge in [0.15, 0.2) is 0 Å². The fourth-order valence-electron chi connectivity index (χ4n) is 6.18. The lowest BCUT2D eigenvalue weighted by Gasteiger charge is -2.27. The standard InChI is InChI=1S/C35H46NO4P/c1-34(2)29(28(18-15-25-38-5)27-17-11-12-20-30(27)34)19-9-8-10-23-33-35(3,4)31-21-13-14-22-32(31)36(33)24-16-26-40-41(7,37)39-6/h8-14,17,19-23H,15-16,18,24-26H2,1-7H3/b10-8+,19-9+,33-23+. The number of fused-ring (bicyclic) bond motifs is 2. The van der Waals surface area contributed by atoms with Crippen LogP contribution in [0.25, 0.3) is 5.57 Å². The number of ether oxygens (including phenoxy) is 1. The van der Waals surface area contributed by atoms with Crippen molar-refractivity contribution in [1.29, 1.82) is 0 Å². The highest BCUT2D eigenvalue weighted by Gasteiger charge is 2.39. The van der Waals surface area contributed by atoms with Crippen LogP contribution in [0.2, 0.25) is 0 Å². The van der Waals surface area contributed by atoms with Gasteiger partial charge in [-0.2, -0.15) is 0 Å². The summed E-state index contributed by atoms with van der Waals surface area (Å²) in [6.45, 7) is 12.6. The molecule has 41 heavy (non-hydrogen) atoms. The first-order chi connectivity index (χ1) is 19.5. The van der Waals surface area contributed by atoms with Crippen molar-refractivity contribution >= 4 is 18.9 Å². The Labute approximate surface area is 247 Å². The summed E-state index contributed by atoms with van der Waals surface area (Å²) in [6.07, 6.45) is 13.7. The van der Waals surface area contributed by atoms with Gasteiger partial charge in [-0.05, 0) is 59.2 Å². The van der Waals surface area contributed by atoms with Gasteiger partial charge in [-0.15, -0.1) is 0 Å². The number of methoxy groups -OCH3 is 1. The molecule has 1 atom stereocenters. The van der Waals surface area contributed by atoms with Crippen LogP contribution >= 0.6 is 7.60 Å². The number of anilines is 1. The van der Waals surface area contributed by atoms with Crippen LogP contribution in [0, 0.1) is 0 Å². The summed E-state index contributed by atoms with van der Waals surface area (Å²) in [6, 6.07) is 17.4. The van der Waals surface area contributed by atoms with E-state index in [0.29, 0.717) is 6.61 Å². The van der Waals surface area contributed by atoms with Gasteiger partial charge in [0.05, 0.1) is 6.61 Å². The molecule has 2 aromatic rings. The molecular formula is C35H46NO4P. The van der Waals surface area contributed by atoms with Crippen molar-refractivity contribution in [2.24, 2.45) is 0 Å². The summed E-state index contributed by atoms with van der Waals surface area (Å²) in [5, 5.41) is 0. The minimum Gasteiger partial charge on any atom is -0.385 e. The van der Waals surface area contributed by atoms with E-state index in [2.05, 4.69) is 112 Å². The van der Waals surface area contributed by atoms with Crippen molar-refractivity contribution < 1.29 is 18.3 Å². The van der Waals surface area contributed by atoms with Crippen molar-refractivity contribution in [3.05, 3.63) is 107 Å². The second-order valence-electron chi connectivity index (χ2n) is 11.9. The van der Waals surface area contributed by atoms with E-state index in [0.717, 1.165) is 32.4 Å². The van der Waals surface area contributed by atoms with Gasteiger partial charge in [-0.3, -0.25) is 4.57 Å². The van der Waals surface area contributed by atoms with E-state index >= 15 is 0 Å². The molecule has 220 valence electrons. The summed E-state index contributed by atoms with van der Waals surface area (Å²) in [7, 11) is 0.213. The number of allylic oxidation sites excluding steroid dienone is 8. The molecule has 0 spiro atoms. The minimum atomic E-state index is -2.98. The minimum absolute atomic E-state index is 0.0406. The van der Waals surface area contributed by atoms with Crippen molar-refractivity contribution in [1.82, 2.24) is 0 Å². The predicted molar refractivity (Wildman–Crippen MR) is 172 cm³/mol. The van der Waals surface area contributed by atoms with Crippen molar-refractivity contribution in [2.45, 2.75) is 57.8 Å². The molecule has 4 rings (SSSR count). The fourth-order valence-corrected chi connectivity index (χ4v) is 6.75. The Morgan fingerprint density at radius 2 is 1.56 bits per heavy atom. The van der Waals surface area contributed by atoms with Gasteiger partial charge < -0.3 is 18.7 Å². The van der Waals surface area contributed by atoms with Crippen LogP contribution in [0.4, 0.5) is 5.69 Å². The Balaban J connectivity index is 1.56. The van der Waals surface area contributed by atoms with Crippen LogP contribution in [0.1, 0.15) is 63.6 Å². The Bertz CT molecular complexity index is 1400. The van der Waals surface area contributed by atoms with E-state index in [4.69, 9.17) is 13.8 Å². The molecule has 1 unspecified atom stereocenters. The molecule has 6 heteroatoms. The molecule has 0 aromatic heterocycles. The topological polar surface area (TPSA) is 48.0 Å². The molecule has 0 N–H and O–H groups in total. The monoisotopic (exact) mass is 575 g/mol. The van der Waals surface area contributed by atoms with E-state index in [1.165, 1.54) is 53.0 Å². The summed E-state index contributed by atoms with van der Waals surface area (Å²) in [5.41, 5.74) is 9.17.